The maximum Gasteiger partial charge on any atom is 0.337 e. The molecular weight excluding hydrogens is 300 g/mol. The third-order valence-electron chi connectivity index (χ3n) is 2.63. The first-order valence-electron chi connectivity index (χ1n) is 6.04. The molecule has 0 spiro atoms. The van der Waals surface area contributed by atoms with Crippen LogP contribution in [0.1, 0.15) is 20.7 Å². The minimum absolute atomic E-state index is 0.0330. The number of nitriles is 3. The summed E-state index contributed by atoms with van der Waals surface area (Å²) in [5.41, 5.74) is -0.535. The van der Waals surface area contributed by atoms with Crippen molar-refractivity contribution in [3.63, 3.8) is 0 Å². The first kappa shape index (κ1) is 17.2. The van der Waals surface area contributed by atoms with Crippen molar-refractivity contribution in [1.82, 2.24) is 0 Å². The summed E-state index contributed by atoms with van der Waals surface area (Å²) in [7, 11) is 2.34. The molecule has 0 aliphatic rings. The normalized spacial score (nSPS) is 8.65. The smallest absolute Gasteiger partial charge is 0.337 e. The molecule has 0 saturated heterocycles. The van der Waals surface area contributed by atoms with Crippen LogP contribution < -0.4 is 5.32 Å². The Kier molecular flexibility index (Phi) is 5.86. The lowest BCUT2D eigenvalue weighted by Crippen LogP contribution is -2.09. The van der Waals surface area contributed by atoms with Gasteiger partial charge in [0.05, 0.1) is 25.3 Å². The van der Waals surface area contributed by atoms with E-state index in [0.29, 0.717) is 0 Å². The Morgan fingerprint density at radius 2 is 1.39 bits per heavy atom. The number of ether oxygens (including phenoxy) is 2. The third-order valence-corrected chi connectivity index (χ3v) is 2.63. The van der Waals surface area contributed by atoms with Crippen molar-refractivity contribution in [2.24, 2.45) is 0 Å². The second kappa shape index (κ2) is 7.82. The highest BCUT2D eigenvalue weighted by Crippen LogP contribution is 2.19. The van der Waals surface area contributed by atoms with Crippen LogP contribution in [0.25, 0.3) is 0 Å². The maximum absolute atomic E-state index is 11.6. The zero-order chi connectivity index (χ0) is 17.4. The van der Waals surface area contributed by atoms with Crippen LogP contribution in [-0.2, 0) is 9.47 Å². The molecule has 0 fully saturated rings. The average Bonchev–Trinajstić information content (AvgIpc) is 2.59. The van der Waals surface area contributed by atoms with E-state index >= 15 is 0 Å². The number of benzene rings is 1. The molecule has 1 rings (SSSR count). The monoisotopic (exact) mass is 310 g/mol. The van der Waals surface area contributed by atoms with E-state index in [4.69, 9.17) is 15.8 Å². The lowest BCUT2D eigenvalue weighted by atomic mass is 10.1. The molecule has 0 saturated carbocycles. The second-order valence-corrected chi connectivity index (χ2v) is 3.99. The van der Waals surface area contributed by atoms with E-state index in [9.17, 15) is 9.59 Å². The third kappa shape index (κ3) is 4.07. The SMILES string of the molecule is COC(=O)c1cc(NC(C#N)=C(C#N)C#N)cc(C(=O)OC)c1. The van der Waals surface area contributed by atoms with Gasteiger partial charge >= 0.3 is 11.9 Å². The Labute approximate surface area is 131 Å². The van der Waals surface area contributed by atoms with Gasteiger partial charge in [-0.1, -0.05) is 0 Å². The number of rotatable bonds is 4. The quantitative estimate of drug-likeness (QED) is 0.652. The van der Waals surface area contributed by atoms with Gasteiger partial charge in [-0.15, -0.1) is 0 Å². The lowest BCUT2D eigenvalue weighted by Gasteiger charge is -2.09. The Morgan fingerprint density at radius 1 is 0.913 bits per heavy atom. The number of anilines is 1. The summed E-state index contributed by atoms with van der Waals surface area (Å²) in [5, 5.41) is 29.1. The van der Waals surface area contributed by atoms with Crippen LogP contribution in [0.15, 0.2) is 29.5 Å². The molecule has 0 aliphatic heterocycles. The van der Waals surface area contributed by atoms with Gasteiger partial charge in [-0.3, -0.25) is 0 Å². The fourth-order valence-electron chi connectivity index (χ4n) is 1.60. The summed E-state index contributed by atoms with van der Waals surface area (Å²) < 4.78 is 9.16. The molecule has 8 nitrogen and oxygen atoms in total. The van der Waals surface area contributed by atoms with Crippen molar-refractivity contribution in [3.05, 3.63) is 40.6 Å². The lowest BCUT2D eigenvalue weighted by molar-refractivity contribution is 0.0599. The number of carbonyl (C=O) groups excluding carboxylic acids is 2. The summed E-state index contributed by atoms with van der Waals surface area (Å²) in [4.78, 5) is 23.3. The van der Waals surface area contributed by atoms with Gasteiger partial charge in [0, 0.05) is 5.69 Å². The first-order chi connectivity index (χ1) is 11.0. The van der Waals surface area contributed by atoms with Crippen LogP contribution in [0.3, 0.4) is 0 Å². The van der Waals surface area contributed by atoms with Gasteiger partial charge in [0.1, 0.15) is 23.9 Å². The van der Waals surface area contributed by atoms with E-state index in [1.807, 2.05) is 0 Å². The molecule has 1 aromatic carbocycles. The zero-order valence-electron chi connectivity index (χ0n) is 12.2. The molecular formula is C15H10N4O4. The van der Waals surface area contributed by atoms with Gasteiger partial charge in [-0.2, -0.15) is 15.8 Å². The molecule has 0 radical (unpaired) electrons. The Hall–Kier alpha value is -3.83. The number of esters is 2. The molecule has 1 aromatic rings. The zero-order valence-corrected chi connectivity index (χ0v) is 12.2. The van der Waals surface area contributed by atoms with E-state index in [2.05, 4.69) is 14.8 Å². The molecule has 0 unspecified atom stereocenters. The highest BCUT2D eigenvalue weighted by molar-refractivity contribution is 5.97. The highest BCUT2D eigenvalue weighted by Gasteiger charge is 2.15. The van der Waals surface area contributed by atoms with E-state index < -0.39 is 17.5 Å². The maximum atomic E-state index is 11.6. The molecule has 114 valence electrons. The number of allylic oxidation sites excluding steroid dienone is 2. The van der Waals surface area contributed by atoms with Crippen molar-refractivity contribution in [2.45, 2.75) is 0 Å². The van der Waals surface area contributed by atoms with Gasteiger partial charge < -0.3 is 14.8 Å². The number of carbonyl (C=O) groups is 2. The van der Waals surface area contributed by atoms with E-state index in [1.54, 1.807) is 18.2 Å². The molecule has 0 atom stereocenters. The van der Waals surface area contributed by atoms with Crippen LogP contribution in [-0.4, -0.2) is 26.2 Å². The molecule has 23 heavy (non-hydrogen) atoms. The van der Waals surface area contributed by atoms with E-state index in [-0.39, 0.29) is 22.5 Å². The van der Waals surface area contributed by atoms with Crippen LogP contribution in [0.5, 0.6) is 0 Å². The highest BCUT2D eigenvalue weighted by atomic mass is 16.5. The topological polar surface area (TPSA) is 136 Å². The van der Waals surface area contributed by atoms with Crippen LogP contribution in [0, 0.1) is 34.0 Å². The van der Waals surface area contributed by atoms with Crippen molar-refractivity contribution < 1.29 is 19.1 Å². The predicted octanol–water partition coefficient (Wildman–Crippen LogP) is 1.50. The van der Waals surface area contributed by atoms with Gasteiger partial charge in [0.15, 0.2) is 5.57 Å². The molecule has 1 N–H and O–H groups in total. The summed E-state index contributed by atoms with van der Waals surface area (Å²) in [5.74, 6) is -1.41. The fourth-order valence-corrected chi connectivity index (χ4v) is 1.60. The Bertz CT molecular complexity index is 756. The van der Waals surface area contributed by atoms with Crippen molar-refractivity contribution in [3.8, 4) is 18.2 Å². The van der Waals surface area contributed by atoms with E-state index in [1.165, 1.54) is 32.4 Å². The molecule has 8 heteroatoms. The molecule has 0 amide bonds. The Morgan fingerprint density at radius 3 is 1.74 bits per heavy atom. The van der Waals surface area contributed by atoms with Crippen LogP contribution in [0.2, 0.25) is 0 Å². The van der Waals surface area contributed by atoms with Gasteiger partial charge in [-0.05, 0) is 18.2 Å². The number of nitrogens with one attached hydrogen (secondary N) is 1. The van der Waals surface area contributed by atoms with Gasteiger partial charge in [0.2, 0.25) is 0 Å². The fraction of sp³-hybridized carbons (Fsp3) is 0.133. The second-order valence-electron chi connectivity index (χ2n) is 3.99. The summed E-state index contributed by atoms with van der Waals surface area (Å²) in [6.45, 7) is 0. The number of methoxy groups -OCH3 is 2. The molecule has 0 bridgehead atoms. The minimum Gasteiger partial charge on any atom is -0.465 e. The predicted molar refractivity (Wildman–Crippen MR) is 76.6 cm³/mol. The van der Waals surface area contributed by atoms with Gasteiger partial charge in [-0.25, -0.2) is 9.59 Å². The average molecular weight is 310 g/mol. The standard InChI is InChI=1S/C15H10N4O4/c1-22-14(20)9-3-10(15(21)23-2)5-12(4-9)19-13(8-18)11(6-16)7-17/h3-5,19H,1-2H3. The van der Waals surface area contributed by atoms with Crippen molar-refractivity contribution >= 4 is 17.6 Å². The first-order valence-corrected chi connectivity index (χ1v) is 6.04. The van der Waals surface area contributed by atoms with Crippen molar-refractivity contribution in [1.29, 1.82) is 15.8 Å². The van der Waals surface area contributed by atoms with Crippen molar-refractivity contribution in [2.75, 3.05) is 19.5 Å². The minimum atomic E-state index is -0.706. The Balaban J connectivity index is 3.42. The number of hydrogen-bond acceptors (Lipinski definition) is 8. The van der Waals surface area contributed by atoms with Crippen LogP contribution in [0.4, 0.5) is 5.69 Å². The largest absolute Gasteiger partial charge is 0.465 e. The molecule has 0 aromatic heterocycles. The number of hydrogen-bond donors (Lipinski definition) is 1. The van der Waals surface area contributed by atoms with Gasteiger partial charge in [0.25, 0.3) is 0 Å². The summed E-state index contributed by atoms with van der Waals surface area (Å²) >= 11 is 0. The molecule has 0 heterocycles. The number of nitrogens with zero attached hydrogens (tertiary/aromatic N) is 3. The summed E-state index contributed by atoms with van der Waals surface area (Å²) in [6, 6.07) is 8.68. The van der Waals surface area contributed by atoms with Crippen LogP contribution >= 0.6 is 0 Å². The molecule has 0 aliphatic carbocycles. The summed E-state index contributed by atoms with van der Waals surface area (Å²) in [6.07, 6.45) is 0. The van der Waals surface area contributed by atoms with E-state index in [0.717, 1.165) is 0 Å².